The van der Waals surface area contributed by atoms with Crippen molar-refractivity contribution < 1.29 is 18.4 Å². The van der Waals surface area contributed by atoms with Crippen molar-refractivity contribution in [1.29, 1.82) is 0 Å². The predicted molar refractivity (Wildman–Crippen MR) is 83.3 cm³/mol. The molecule has 1 amide bonds. The normalized spacial score (nSPS) is 13.3. The van der Waals surface area contributed by atoms with Crippen LogP contribution in [-0.2, 0) is 0 Å². The van der Waals surface area contributed by atoms with Crippen LogP contribution in [0, 0.1) is 5.82 Å². The second-order valence-corrected chi connectivity index (χ2v) is 5.22. The van der Waals surface area contributed by atoms with E-state index in [1.165, 1.54) is 12.1 Å². The van der Waals surface area contributed by atoms with Crippen molar-refractivity contribution in [2.75, 3.05) is 18.1 Å². The number of hydrogen-bond acceptors (Lipinski definition) is 5. The van der Waals surface area contributed by atoms with E-state index in [9.17, 15) is 9.18 Å². The van der Waals surface area contributed by atoms with Crippen LogP contribution in [0.4, 0.5) is 10.1 Å². The Morgan fingerprint density at radius 3 is 2.88 bits per heavy atom. The van der Waals surface area contributed by atoms with Gasteiger partial charge in [-0.3, -0.25) is 9.69 Å². The summed E-state index contributed by atoms with van der Waals surface area (Å²) >= 11 is 0. The molecular weight excluding hydrogens is 313 g/mol. The number of fused-ring (bicyclic) bond motifs is 1. The topological polar surface area (TPSA) is 68.5 Å². The molecule has 0 aliphatic carbocycles. The van der Waals surface area contributed by atoms with Gasteiger partial charge in [0.15, 0.2) is 11.5 Å². The summed E-state index contributed by atoms with van der Waals surface area (Å²) < 4.78 is 23.7. The summed E-state index contributed by atoms with van der Waals surface area (Å²) in [6, 6.07) is 10.8. The van der Waals surface area contributed by atoms with Crippen LogP contribution in [0.1, 0.15) is 10.5 Å². The Hall–Kier alpha value is -3.22. The smallest absolute Gasteiger partial charge is 0.280 e. The minimum Gasteiger partial charge on any atom is -0.474 e. The molecule has 1 aliphatic rings. The third-order valence-electron chi connectivity index (χ3n) is 3.70. The monoisotopic (exact) mass is 325 g/mol. The van der Waals surface area contributed by atoms with Gasteiger partial charge in [-0.2, -0.15) is 0 Å². The van der Waals surface area contributed by atoms with Crippen molar-refractivity contribution in [2.24, 2.45) is 0 Å². The molecule has 2 aromatic heterocycles. The van der Waals surface area contributed by atoms with Gasteiger partial charge in [0.25, 0.3) is 5.91 Å². The second kappa shape index (κ2) is 5.77. The van der Waals surface area contributed by atoms with Gasteiger partial charge in [0, 0.05) is 17.8 Å². The van der Waals surface area contributed by atoms with Crippen LogP contribution in [0.25, 0.3) is 11.3 Å². The number of ether oxygens (including phenoxy) is 1. The average molecular weight is 325 g/mol. The molecule has 0 N–H and O–H groups in total. The number of pyridine rings is 1. The standard InChI is InChI=1S/C17H12FN3O3/c18-12-5-3-11(4-6-12)15-10-13(20-24-15)17(22)21-8-9-23-16-14(21)2-1-7-19-16/h1-7,10H,8-9H2. The summed E-state index contributed by atoms with van der Waals surface area (Å²) in [5, 5.41) is 3.84. The highest BCUT2D eigenvalue weighted by Crippen LogP contribution is 2.30. The third-order valence-corrected chi connectivity index (χ3v) is 3.70. The largest absolute Gasteiger partial charge is 0.474 e. The molecule has 6 nitrogen and oxygen atoms in total. The van der Waals surface area contributed by atoms with E-state index in [0.29, 0.717) is 36.0 Å². The number of carbonyl (C=O) groups is 1. The van der Waals surface area contributed by atoms with Crippen LogP contribution in [0.2, 0.25) is 0 Å². The number of carbonyl (C=O) groups excluding carboxylic acids is 1. The zero-order chi connectivity index (χ0) is 16.5. The van der Waals surface area contributed by atoms with E-state index in [0.717, 1.165) is 0 Å². The molecule has 3 heterocycles. The molecule has 0 unspecified atom stereocenters. The van der Waals surface area contributed by atoms with Crippen molar-refractivity contribution in [3.8, 4) is 17.2 Å². The lowest BCUT2D eigenvalue weighted by Gasteiger charge is -2.27. The number of benzene rings is 1. The number of rotatable bonds is 2. The molecule has 0 radical (unpaired) electrons. The molecule has 0 spiro atoms. The van der Waals surface area contributed by atoms with Gasteiger partial charge in [0.2, 0.25) is 5.88 Å². The van der Waals surface area contributed by atoms with E-state index >= 15 is 0 Å². The Balaban J connectivity index is 1.63. The van der Waals surface area contributed by atoms with Crippen LogP contribution < -0.4 is 9.64 Å². The van der Waals surface area contributed by atoms with Crippen LogP contribution in [-0.4, -0.2) is 29.2 Å². The van der Waals surface area contributed by atoms with Gasteiger partial charge in [-0.1, -0.05) is 5.16 Å². The minimum atomic E-state index is -0.341. The first-order valence-corrected chi connectivity index (χ1v) is 7.35. The lowest BCUT2D eigenvalue weighted by molar-refractivity contribution is 0.0967. The molecule has 24 heavy (non-hydrogen) atoms. The van der Waals surface area contributed by atoms with Crippen LogP contribution in [0.3, 0.4) is 0 Å². The third kappa shape index (κ3) is 2.50. The van der Waals surface area contributed by atoms with Crippen molar-refractivity contribution >= 4 is 11.6 Å². The molecule has 1 aromatic carbocycles. The maximum absolute atomic E-state index is 13.0. The van der Waals surface area contributed by atoms with E-state index < -0.39 is 0 Å². The van der Waals surface area contributed by atoms with Gasteiger partial charge in [0.1, 0.15) is 18.1 Å². The summed E-state index contributed by atoms with van der Waals surface area (Å²) in [6.45, 7) is 0.759. The molecule has 0 atom stereocenters. The summed E-state index contributed by atoms with van der Waals surface area (Å²) in [5.41, 5.74) is 1.41. The number of nitrogens with zero attached hydrogens (tertiary/aromatic N) is 3. The van der Waals surface area contributed by atoms with Crippen molar-refractivity contribution in [1.82, 2.24) is 10.1 Å². The fraction of sp³-hybridized carbons (Fsp3) is 0.118. The Kier molecular flexibility index (Phi) is 3.45. The first-order valence-electron chi connectivity index (χ1n) is 7.35. The maximum Gasteiger partial charge on any atom is 0.280 e. The van der Waals surface area contributed by atoms with E-state index in [4.69, 9.17) is 9.26 Å². The Morgan fingerprint density at radius 2 is 2.04 bits per heavy atom. The average Bonchev–Trinajstić information content (AvgIpc) is 3.11. The number of amides is 1. The first-order chi connectivity index (χ1) is 11.7. The minimum absolute atomic E-state index is 0.172. The first kappa shape index (κ1) is 14.4. The van der Waals surface area contributed by atoms with Gasteiger partial charge < -0.3 is 9.26 Å². The Bertz CT molecular complexity index is 892. The number of hydrogen-bond donors (Lipinski definition) is 0. The van der Waals surface area contributed by atoms with E-state index in [2.05, 4.69) is 10.1 Å². The molecule has 0 saturated carbocycles. The zero-order valence-corrected chi connectivity index (χ0v) is 12.5. The van der Waals surface area contributed by atoms with Crippen LogP contribution >= 0.6 is 0 Å². The van der Waals surface area contributed by atoms with Crippen molar-refractivity contribution in [2.45, 2.75) is 0 Å². The van der Waals surface area contributed by atoms with Gasteiger partial charge in [-0.05, 0) is 36.4 Å². The van der Waals surface area contributed by atoms with Gasteiger partial charge in [-0.25, -0.2) is 9.37 Å². The second-order valence-electron chi connectivity index (χ2n) is 5.22. The predicted octanol–water partition coefficient (Wildman–Crippen LogP) is 2.91. The highest BCUT2D eigenvalue weighted by Gasteiger charge is 2.27. The summed E-state index contributed by atoms with van der Waals surface area (Å²) in [6.07, 6.45) is 1.61. The lowest BCUT2D eigenvalue weighted by Crippen LogP contribution is -2.38. The molecule has 0 fully saturated rings. The van der Waals surface area contributed by atoms with Crippen LogP contribution in [0.15, 0.2) is 53.2 Å². The fourth-order valence-corrected chi connectivity index (χ4v) is 2.53. The van der Waals surface area contributed by atoms with Crippen molar-refractivity contribution in [3.63, 3.8) is 0 Å². The van der Waals surface area contributed by atoms with Gasteiger partial charge in [0.05, 0.1) is 6.54 Å². The zero-order valence-electron chi connectivity index (χ0n) is 12.5. The highest BCUT2D eigenvalue weighted by atomic mass is 19.1. The SMILES string of the molecule is O=C(c1cc(-c2ccc(F)cc2)on1)N1CCOc2ncccc21. The summed E-state index contributed by atoms with van der Waals surface area (Å²) in [7, 11) is 0. The molecule has 1 aliphatic heterocycles. The number of anilines is 1. The Morgan fingerprint density at radius 1 is 1.21 bits per heavy atom. The molecule has 3 aromatic rings. The number of aromatic nitrogens is 2. The van der Waals surface area contributed by atoms with E-state index in [-0.39, 0.29) is 17.4 Å². The molecule has 120 valence electrons. The lowest BCUT2D eigenvalue weighted by atomic mass is 10.1. The van der Waals surface area contributed by atoms with Crippen LogP contribution in [0.5, 0.6) is 5.88 Å². The van der Waals surface area contributed by atoms with Gasteiger partial charge in [-0.15, -0.1) is 0 Å². The quantitative estimate of drug-likeness (QED) is 0.724. The van der Waals surface area contributed by atoms with E-state index in [1.807, 2.05) is 0 Å². The molecular formula is C17H12FN3O3. The van der Waals surface area contributed by atoms with Gasteiger partial charge >= 0.3 is 0 Å². The number of halogens is 1. The Labute approximate surface area is 136 Å². The van der Waals surface area contributed by atoms with Crippen molar-refractivity contribution in [3.05, 3.63) is 60.2 Å². The molecule has 0 saturated heterocycles. The highest BCUT2D eigenvalue weighted by molar-refractivity contribution is 6.06. The summed E-state index contributed by atoms with van der Waals surface area (Å²) in [4.78, 5) is 18.4. The molecule has 0 bridgehead atoms. The molecule has 4 rings (SSSR count). The fourth-order valence-electron chi connectivity index (χ4n) is 2.53. The molecule has 7 heteroatoms. The summed E-state index contributed by atoms with van der Waals surface area (Å²) in [5.74, 6) is 0.175. The van der Waals surface area contributed by atoms with E-state index in [1.54, 1.807) is 41.4 Å². The maximum atomic E-state index is 13.0.